The zero-order valence-electron chi connectivity index (χ0n) is 14.2. The van der Waals surface area contributed by atoms with Gasteiger partial charge in [0.25, 0.3) is 0 Å². The lowest BCUT2D eigenvalue weighted by molar-refractivity contribution is -0.129. The molecule has 1 amide bonds. The van der Waals surface area contributed by atoms with Crippen LogP contribution in [-0.2, 0) is 9.53 Å². The summed E-state index contributed by atoms with van der Waals surface area (Å²) in [6.07, 6.45) is 2.15. The second kappa shape index (κ2) is 7.49. The average molecular weight is 336 g/mol. The van der Waals surface area contributed by atoms with Gasteiger partial charge in [0.1, 0.15) is 6.04 Å². The highest BCUT2D eigenvalue weighted by Crippen LogP contribution is 2.30. The molecule has 2 N–H and O–H groups in total. The number of halogens is 1. The molecule has 0 radical (unpaired) electrons. The van der Waals surface area contributed by atoms with Crippen molar-refractivity contribution >= 4 is 5.91 Å². The second-order valence-electron chi connectivity index (χ2n) is 6.68. The van der Waals surface area contributed by atoms with E-state index in [0.29, 0.717) is 31.2 Å². The Bertz CT molecular complexity index is 592. The number of benzene rings is 1. The lowest BCUT2D eigenvalue weighted by Crippen LogP contribution is -2.55. The first-order valence-corrected chi connectivity index (χ1v) is 8.62. The summed E-state index contributed by atoms with van der Waals surface area (Å²) >= 11 is 0. The van der Waals surface area contributed by atoms with Crippen molar-refractivity contribution in [1.29, 1.82) is 0 Å². The van der Waals surface area contributed by atoms with Gasteiger partial charge in [-0.25, -0.2) is 4.39 Å². The first-order valence-electron chi connectivity index (χ1n) is 8.62. The predicted molar refractivity (Wildman–Crippen MR) is 88.4 cm³/mol. The van der Waals surface area contributed by atoms with E-state index in [9.17, 15) is 9.18 Å². The number of nitrogens with one attached hydrogen (secondary N) is 2. The van der Waals surface area contributed by atoms with Crippen LogP contribution in [0.5, 0.6) is 5.75 Å². The van der Waals surface area contributed by atoms with E-state index >= 15 is 0 Å². The van der Waals surface area contributed by atoms with E-state index in [2.05, 4.69) is 10.6 Å². The van der Waals surface area contributed by atoms with Gasteiger partial charge in [-0.05, 0) is 50.3 Å². The number of rotatable bonds is 6. The molecular formula is C18H25FN2O3. The minimum atomic E-state index is -0.387. The molecule has 0 spiro atoms. The molecule has 3 rings (SSSR count). The Morgan fingerprint density at radius 1 is 1.50 bits per heavy atom. The van der Waals surface area contributed by atoms with E-state index in [1.165, 1.54) is 18.9 Å². The molecule has 24 heavy (non-hydrogen) atoms. The van der Waals surface area contributed by atoms with Crippen LogP contribution in [0.2, 0.25) is 0 Å². The fourth-order valence-electron chi connectivity index (χ4n) is 2.81. The van der Waals surface area contributed by atoms with Crippen LogP contribution in [0.1, 0.15) is 38.3 Å². The molecule has 1 heterocycles. The first kappa shape index (κ1) is 17.2. The van der Waals surface area contributed by atoms with Gasteiger partial charge in [0.2, 0.25) is 5.91 Å². The van der Waals surface area contributed by atoms with Crippen LogP contribution < -0.4 is 15.4 Å². The van der Waals surface area contributed by atoms with E-state index < -0.39 is 0 Å². The van der Waals surface area contributed by atoms with Crippen molar-refractivity contribution in [3.05, 3.63) is 29.6 Å². The number of morpholine rings is 1. The topological polar surface area (TPSA) is 59.6 Å². The maximum atomic E-state index is 14.2. The Labute approximate surface area is 141 Å². The van der Waals surface area contributed by atoms with E-state index in [1.807, 2.05) is 13.8 Å². The molecule has 3 atom stereocenters. The second-order valence-corrected chi connectivity index (χ2v) is 6.68. The molecule has 1 saturated carbocycles. The van der Waals surface area contributed by atoms with Crippen LogP contribution in [0.3, 0.4) is 0 Å². The summed E-state index contributed by atoms with van der Waals surface area (Å²) in [6.45, 7) is 5.54. The maximum absolute atomic E-state index is 14.2. The normalized spacial score (nSPS) is 25.1. The third-order valence-electron chi connectivity index (χ3n) is 4.59. The van der Waals surface area contributed by atoms with E-state index in [4.69, 9.17) is 9.47 Å². The zero-order valence-corrected chi connectivity index (χ0v) is 14.2. The Hall–Kier alpha value is -1.66. The van der Waals surface area contributed by atoms with E-state index in [1.54, 1.807) is 12.1 Å². The lowest BCUT2D eigenvalue weighted by Gasteiger charge is -2.30. The summed E-state index contributed by atoms with van der Waals surface area (Å²) in [5, 5.41) is 6.06. The number of hydrogen-bond acceptors (Lipinski definition) is 4. The Balaban J connectivity index is 1.58. The van der Waals surface area contributed by atoms with Gasteiger partial charge in [-0.3, -0.25) is 4.79 Å². The summed E-state index contributed by atoms with van der Waals surface area (Å²) in [5.41, 5.74) is 0.712. The average Bonchev–Trinajstić information content (AvgIpc) is 3.38. The molecule has 6 heteroatoms. The minimum absolute atomic E-state index is 0.135. The molecule has 1 unspecified atom stereocenters. The van der Waals surface area contributed by atoms with E-state index in [0.717, 1.165) is 0 Å². The standard InChI is InChI=1S/C18H25FN2O3/c1-11(21-18(22)17-12(2)23-8-7-20-17)14-5-6-16(15(19)9-14)24-10-13-3-4-13/h5-6,9,11-13,17,20H,3-4,7-8,10H2,1-2H3,(H,21,22)/t11?,12-,17+/m1/s1. The molecule has 2 fully saturated rings. The monoisotopic (exact) mass is 336 g/mol. The van der Waals surface area contributed by atoms with Crippen molar-refractivity contribution in [2.24, 2.45) is 5.92 Å². The maximum Gasteiger partial charge on any atom is 0.240 e. The van der Waals surface area contributed by atoms with Crippen molar-refractivity contribution in [2.45, 2.75) is 44.9 Å². The Morgan fingerprint density at radius 2 is 2.29 bits per heavy atom. The molecular weight excluding hydrogens is 311 g/mol. The molecule has 1 aromatic rings. The summed E-state index contributed by atoms with van der Waals surface area (Å²) in [7, 11) is 0. The highest BCUT2D eigenvalue weighted by Gasteiger charge is 2.29. The van der Waals surface area contributed by atoms with Crippen molar-refractivity contribution in [3.8, 4) is 5.75 Å². The highest BCUT2D eigenvalue weighted by atomic mass is 19.1. The summed E-state index contributed by atoms with van der Waals surface area (Å²) in [5.74, 6) is 0.334. The summed E-state index contributed by atoms with van der Waals surface area (Å²) < 4.78 is 25.1. The van der Waals surface area contributed by atoms with Crippen LogP contribution in [-0.4, -0.2) is 37.8 Å². The third-order valence-corrected chi connectivity index (χ3v) is 4.59. The lowest BCUT2D eigenvalue weighted by atomic mass is 10.1. The summed E-state index contributed by atoms with van der Waals surface area (Å²) in [4.78, 5) is 12.4. The fraction of sp³-hybridized carbons (Fsp3) is 0.611. The molecule has 132 valence electrons. The molecule has 1 aliphatic carbocycles. The quantitative estimate of drug-likeness (QED) is 0.836. The first-order chi connectivity index (χ1) is 11.5. The number of hydrogen-bond donors (Lipinski definition) is 2. The van der Waals surface area contributed by atoms with Gasteiger partial charge in [0.05, 0.1) is 25.4 Å². The smallest absolute Gasteiger partial charge is 0.240 e. The zero-order chi connectivity index (χ0) is 17.1. The Morgan fingerprint density at radius 3 is 2.96 bits per heavy atom. The molecule has 1 aromatic carbocycles. The summed E-state index contributed by atoms with van der Waals surface area (Å²) in [6, 6.07) is 4.19. The molecule has 2 aliphatic rings. The van der Waals surface area contributed by atoms with Gasteiger partial charge < -0.3 is 20.1 Å². The van der Waals surface area contributed by atoms with Gasteiger partial charge in [0.15, 0.2) is 11.6 Å². The van der Waals surface area contributed by atoms with Crippen LogP contribution in [0.25, 0.3) is 0 Å². The van der Waals surface area contributed by atoms with Crippen molar-refractivity contribution < 1.29 is 18.7 Å². The van der Waals surface area contributed by atoms with Gasteiger partial charge in [-0.2, -0.15) is 0 Å². The third kappa shape index (κ3) is 4.24. The molecule has 0 aromatic heterocycles. The van der Waals surface area contributed by atoms with Crippen LogP contribution in [0, 0.1) is 11.7 Å². The van der Waals surface area contributed by atoms with Gasteiger partial charge >= 0.3 is 0 Å². The molecule has 1 aliphatic heterocycles. The number of amides is 1. The Kier molecular flexibility index (Phi) is 5.36. The van der Waals surface area contributed by atoms with E-state index in [-0.39, 0.29) is 35.7 Å². The van der Waals surface area contributed by atoms with Crippen LogP contribution >= 0.6 is 0 Å². The minimum Gasteiger partial charge on any atom is -0.490 e. The number of carbonyl (C=O) groups is 1. The van der Waals surface area contributed by atoms with Gasteiger partial charge in [0, 0.05) is 6.54 Å². The van der Waals surface area contributed by atoms with Crippen molar-refractivity contribution in [2.75, 3.05) is 19.8 Å². The predicted octanol–water partition coefficient (Wildman–Crippen LogP) is 2.17. The SMILES string of the molecule is CC(NC(=O)[C@H]1NCCO[C@@H]1C)c1ccc(OCC2CC2)c(F)c1. The van der Waals surface area contributed by atoms with Gasteiger partial charge in [-0.15, -0.1) is 0 Å². The largest absolute Gasteiger partial charge is 0.490 e. The fourth-order valence-corrected chi connectivity index (χ4v) is 2.81. The van der Waals surface area contributed by atoms with Crippen LogP contribution in [0.15, 0.2) is 18.2 Å². The molecule has 1 saturated heterocycles. The number of carbonyl (C=O) groups excluding carboxylic acids is 1. The van der Waals surface area contributed by atoms with Gasteiger partial charge in [-0.1, -0.05) is 6.07 Å². The van der Waals surface area contributed by atoms with Crippen molar-refractivity contribution in [1.82, 2.24) is 10.6 Å². The van der Waals surface area contributed by atoms with Crippen LogP contribution in [0.4, 0.5) is 4.39 Å². The number of ether oxygens (including phenoxy) is 2. The molecule has 0 bridgehead atoms. The van der Waals surface area contributed by atoms with Crippen molar-refractivity contribution in [3.63, 3.8) is 0 Å². The molecule has 5 nitrogen and oxygen atoms in total. The highest BCUT2D eigenvalue weighted by molar-refractivity contribution is 5.82.